The minimum atomic E-state index is -4.30. The predicted molar refractivity (Wildman–Crippen MR) is 79.4 cm³/mol. The van der Waals surface area contributed by atoms with E-state index < -0.39 is 12.3 Å². The minimum absolute atomic E-state index is 0.0763. The molecule has 1 aromatic carbocycles. The van der Waals surface area contributed by atoms with E-state index in [1.54, 1.807) is 31.4 Å². The number of likely N-dealkylation sites (tertiary alicyclic amines) is 1. The van der Waals surface area contributed by atoms with Gasteiger partial charge in [0.15, 0.2) is 0 Å². The van der Waals surface area contributed by atoms with Crippen molar-refractivity contribution in [3.63, 3.8) is 0 Å². The molecule has 0 amide bonds. The lowest BCUT2D eigenvalue weighted by molar-refractivity contribution is -0.266. The Morgan fingerprint density at radius 1 is 1.18 bits per heavy atom. The Hall–Kier alpha value is -1.11. The topological polar surface area (TPSA) is 15.7 Å². The smallest absolute Gasteiger partial charge is 0.383 e. The van der Waals surface area contributed by atoms with Crippen LogP contribution in [0.4, 0.5) is 13.2 Å². The number of rotatable bonds is 6. The van der Waals surface area contributed by atoms with Crippen molar-refractivity contribution in [2.75, 3.05) is 33.4 Å². The summed E-state index contributed by atoms with van der Waals surface area (Å²) in [5.41, 5.74) is 0.696. The molecule has 1 saturated heterocycles. The van der Waals surface area contributed by atoms with Crippen molar-refractivity contribution in [3.05, 3.63) is 35.9 Å². The van der Waals surface area contributed by atoms with Gasteiger partial charge in [-0.05, 0) is 31.5 Å². The van der Waals surface area contributed by atoms with Crippen molar-refractivity contribution in [2.24, 2.45) is 0 Å². The van der Waals surface area contributed by atoms with Gasteiger partial charge in [0.05, 0.1) is 6.61 Å². The van der Waals surface area contributed by atoms with Crippen LogP contribution in [0.3, 0.4) is 0 Å². The molecule has 3 nitrogen and oxygen atoms in total. The van der Waals surface area contributed by atoms with E-state index in [4.69, 9.17) is 4.74 Å². The minimum Gasteiger partial charge on any atom is -0.383 e. The molecule has 2 rings (SSSR count). The highest BCUT2D eigenvalue weighted by Gasteiger charge is 2.42. The second-order valence-electron chi connectivity index (χ2n) is 5.65. The average molecular weight is 316 g/mol. The van der Waals surface area contributed by atoms with Crippen LogP contribution >= 0.6 is 0 Å². The van der Waals surface area contributed by atoms with E-state index >= 15 is 0 Å². The Morgan fingerprint density at radius 3 is 2.36 bits per heavy atom. The number of halogens is 3. The number of alkyl halides is 3. The Morgan fingerprint density at radius 2 is 1.82 bits per heavy atom. The second-order valence-corrected chi connectivity index (χ2v) is 5.65. The molecule has 0 spiro atoms. The summed E-state index contributed by atoms with van der Waals surface area (Å²) in [5.74, 6) is 0. The molecule has 6 heteroatoms. The third-order valence-electron chi connectivity index (χ3n) is 4.13. The number of methoxy groups -OCH3 is 1. The summed E-state index contributed by atoms with van der Waals surface area (Å²) in [6.45, 7) is 2.71. The second kappa shape index (κ2) is 7.94. The van der Waals surface area contributed by atoms with Gasteiger partial charge in [-0.3, -0.25) is 0 Å². The van der Waals surface area contributed by atoms with Crippen LogP contribution in [-0.4, -0.2) is 55.5 Å². The molecular weight excluding hydrogens is 293 g/mol. The molecule has 1 aliphatic heterocycles. The molecule has 0 bridgehead atoms. The molecule has 0 aromatic heterocycles. The van der Waals surface area contributed by atoms with E-state index in [-0.39, 0.29) is 6.54 Å². The summed E-state index contributed by atoms with van der Waals surface area (Å²) >= 11 is 0. The lowest BCUT2D eigenvalue weighted by Crippen LogP contribution is -2.50. The number of ether oxygens (including phenoxy) is 1. The third-order valence-corrected chi connectivity index (χ3v) is 4.13. The number of benzene rings is 1. The van der Waals surface area contributed by atoms with Crippen LogP contribution in [0.15, 0.2) is 30.3 Å². The Labute approximate surface area is 129 Å². The fourth-order valence-corrected chi connectivity index (χ4v) is 2.88. The van der Waals surface area contributed by atoms with E-state index in [1.807, 2.05) is 6.07 Å². The standard InChI is InChI=1S/C16H23F3N2O/c1-22-12-11-20-9-7-15(8-10-20)21(16(17,18)19)13-14-5-3-2-4-6-14/h2-6,15H,7-13H2,1H3. The van der Waals surface area contributed by atoms with Gasteiger partial charge in [-0.25, -0.2) is 4.90 Å². The first-order valence-electron chi connectivity index (χ1n) is 7.59. The summed E-state index contributed by atoms with van der Waals surface area (Å²) < 4.78 is 45.2. The molecule has 22 heavy (non-hydrogen) atoms. The molecule has 1 heterocycles. The summed E-state index contributed by atoms with van der Waals surface area (Å²) in [6, 6.07) is 8.40. The molecule has 1 fully saturated rings. The number of piperidine rings is 1. The molecule has 1 aromatic rings. The van der Waals surface area contributed by atoms with Crippen molar-refractivity contribution >= 4 is 0 Å². The van der Waals surface area contributed by atoms with Crippen molar-refractivity contribution in [1.82, 2.24) is 9.80 Å². The lowest BCUT2D eigenvalue weighted by atomic mass is 10.0. The van der Waals surface area contributed by atoms with Crippen LogP contribution in [-0.2, 0) is 11.3 Å². The van der Waals surface area contributed by atoms with Gasteiger partial charge in [0.25, 0.3) is 0 Å². The largest absolute Gasteiger partial charge is 0.460 e. The summed E-state index contributed by atoms with van der Waals surface area (Å²) in [4.78, 5) is 2.85. The zero-order valence-electron chi connectivity index (χ0n) is 12.9. The number of nitrogens with zero attached hydrogens (tertiary/aromatic N) is 2. The van der Waals surface area contributed by atoms with Gasteiger partial charge < -0.3 is 9.64 Å². The molecule has 0 N–H and O–H groups in total. The van der Waals surface area contributed by atoms with Crippen LogP contribution < -0.4 is 0 Å². The fourth-order valence-electron chi connectivity index (χ4n) is 2.88. The molecule has 1 aliphatic rings. The molecule has 0 radical (unpaired) electrons. The SMILES string of the molecule is COCCN1CCC(N(Cc2ccccc2)C(F)(F)F)CC1. The molecular formula is C16H23F3N2O. The van der Waals surface area contributed by atoms with Crippen LogP contribution in [0, 0.1) is 0 Å². The maximum atomic E-state index is 13.4. The Balaban J connectivity index is 1.96. The van der Waals surface area contributed by atoms with Gasteiger partial charge in [-0.15, -0.1) is 0 Å². The highest BCUT2D eigenvalue weighted by atomic mass is 19.4. The third kappa shape index (κ3) is 4.97. The van der Waals surface area contributed by atoms with Crippen LogP contribution in [0.1, 0.15) is 18.4 Å². The van der Waals surface area contributed by atoms with Crippen LogP contribution in [0.25, 0.3) is 0 Å². The highest BCUT2D eigenvalue weighted by molar-refractivity contribution is 5.14. The summed E-state index contributed by atoms with van der Waals surface area (Å²) in [5, 5.41) is 0. The van der Waals surface area contributed by atoms with Gasteiger partial charge in [-0.1, -0.05) is 30.3 Å². The van der Waals surface area contributed by atoms with Crippen LogP contribution in [0.5, 0.6) is 0 Å². The highest BCUT2D eigenvalue weighted by Crippen LogP contribution is 2.30. The quantitative estimate of drug-likeness (QED) is 0.750. The van der Waals surface area contributed by atoms with Gasteiger partial charge in [0, 0.05) is 26.2 Å². The van der Waals surface area contributed by atoms with E-state index in [2.05, 4.69) is 4.90 Å². The van der Waals surface area contributed by atoms with E-state index in [1.165, 1.54) is 0 Å². The van der Waals surface area contributed by atoms with Gasteiger partial charge in [-0.2, -0.15) is 13.2 Å². The monoisotopic (exact) mass is 316 g/mol. The van der Waals surface area contributed by atoms with Crippen molar-refractivity contribution in [2.45, 2.75) is 31.7 Å². The maximum absolute atomic E-state index is 13.4. The number of hydrogen-bond donors (Lipinski definition) is 0. The molecule has 0 aliphatic carbocycles. The molecule has 0 unspecified atom stereocenters. The van der Waals surface area contributed by atoms with Gasteiger partial charge in [0.2, 0.25) is 0 Å². The summed E-state index contributed by atoms with van der Waals surface area (Å²) in [7, 11) is 1.64. The van der Waals surface area contributed by atoms with Crippen molar-refractivity contribution in [3.8, 4) is 0 Å². The first-order valence-corrected chi connectivity index (χ1v) is 7.59. The zero-order valence-corrected chi connectivity index (χ0v) is 12.9. The number of hydrogen-bond acceptors (Lipinski definition) is 3. The zero-order chi connectivity index (χ0) is 16.0. The molecule has 124 valence electrons. The first kappa shape index (κ1) is 17.2. The average Bonchev–Trinajstić information content (AvgIpc) is 2.51. The lowest BCUT2D eigenvalue weighted by Gasteiger charge is -2.39. The van der Waals surface area contributed by atoms with Crippen LogP contribution in [0.2, 0.25) is 0 Å². The van der Waals surface area contributed by atoms with Gasteiger partial charge in [0.1, 0.15) is 0 Å². The van der Waals surface area contributed by atoms with Gasteiger partial charge >= 0.3 is 6.30 Å². The Bertz CT molecular complexity index is 431. The van der Waals surface area contributed by atoms with E-state index in [0.29, 0.717) is 43.0 Å². The van der Waals surface area contributed by atoms with E-state index in [9.17, 15) is 13.2 Å². The van der Waals surface area contributed by atoms with Crippen molar-refractivity contribution in [1.29, 1.82) is 0 Å². The Kier molecular flexibility index (Phi) is 6.23. The van der Waals surface area contributed by atoms with E-state index in [0.717, 1.165) is 6.54 Å². The fraction of sp³-hybridized carbons (Fsp3) is 0.625. The maximum Gasteiger partial charge on any atom is 0.460 e. The first-order chi connectivity index (χ1) is 10.5. The summed E-state index contributed by atoms with van der Waals surface area (Å²) in [6.07, 6.45) is -3.22. The molecule has 0 atom stereocenters. The molecule has 0 saturated carbocycles. The predicted octanol–water partition coefficient (Wildman–Crippen LogP) is 3.12. The normalized spacial score (nSPS) is 18.0. The van der Waals surface area contributed by atoms with Crippen molar-refractivity contribution < 1.29 is 17.9 Å².